The first-order chi connectivity index (χ1) is 22.3. The molecule has 0 saturated carbocycles. The smallest absolute Gasteiger partial charge is 0.121 e. The first-order valence-electron chi connectivity index (χ1n) is 14.7. The van der Waals surface area contributed by atoms with E-state index >= 15 is 0 Å². The standard InChI is InChI=1S/2C13H11N3.2C5H7N2.2Pt/c2*1-15-10-16(11-6-3-2-4-7-11)12-8-5-9-14-13(12)15;2*1-4-3-5(2)7-6-4;;/h2*2-6,8-10H,1H3;2*3H,1-2H3;;/q2*-2;2*-1;;. The largest absolute Gasteiger partial charge is 0.579 e. The molecule has 256 valence electrons. The third kappa shape index (κ3) is 9.88. The van der Waals surface area contributed by atoms with E-state index in [2.05, 4.69) is 64.4 Å². The van der Waals surface area contributed by atoms with Crippen molar-refractivity contribution >= 4 is 34.4 Å². The predicted octanol–water partition coefficient (Wildman–Crippen LogP) is 6.48. The van der Waals surface area contributed by atoms with Gasteiger partial charge in [-0.3, -0.25) is 0 Å². The van der Waals surface area contributed by atoms with E-state index in [9.17, 15) is 0 Å². The Morgan fingerprint density at radius 1 is 0.583 bits per heavy atom. The number of pyridine rings is 2. The minimum absolute atomic E-state index is 0. The third-order valence-corrected chi connectivity index (χ3v) is 6.77. The number of nitrogens with zero attached hydrogens (tertiary/aromatic N) is 10. The van der Waals surface area contributed by atoms with Crippen LogP contribution in [-0.2, 0) is 42.1 Å². The second-order valence-electron chi connectivity index (χ2n) is 10.6. The van der Waals surface area contributed by atoms with E-state index in [1.807, 2.05) is 138 Å². The number of hydrogen-bond donors (Lipinski definition) is 0. The van der Waals surface area contributed by atoms with Gasteiger partial charge < -0.3 is 40.0 Å². The van der Waals surface area contributed by atoms with Gasteiger partial charge in [-0.2, -0.15) is 74.0 Å². The van der Waals surface area contributed by atoms with E-state index in [4.69, 9.17) is 0 Å². The van der Waals surface area contributed by atoms with Gasteiger partial charge in [0.25, 0.3) is 0 Å². The SMILES string of the molecule is CN1[CH-]N(c2[c-]cccc2)c2cccnc21.CN1[CH-]N(c2[c-]cccc2)c2cccnc21.Cc1cc(C)[n-]n1.Cc1cc(C)[n-]n1.[Pt].[Pt]. The Bertz CT molecular complexity index is 1640. The van der Waals surface area contributed by atoms with Gasteiger partial charge in [-0.15, -0.1) is 22.8 Å². The van der Waals surface area contributed by atoms with Crippen LogP contribution in [0.4, 0.5) is 34.4 Å². The van der Waals surface area contributed by atoms with Crippen LogP contribution in [0, 0.1) is 53.2 Å². The maximum atomic E-state index is 4.36. The molecule has 0 radical (unpaired) electrons. The summed E-state index contributed by atoms with van der Waals surface area (Å²) in [4.78, 5) is 16.9. The summed E-state index contributed by atoms with van der Waals surface area (Å²) >= 11 is 0. The quantitative estimate of drug-likeness (QED) is 0.180. The molecule has 4 aromatic heterocycles. The molecule has 0 spiro atoms. The molecule has 10 nitrogen and oxygen atoms in total. The number of fused-ring (bicyclic) bond motifs is 2. The molecule has 8 rings (SSSR count). The number of anilines is 6. The van der Waals surface area contributed by atoms with Gasteiger partial charge in [0.2, 0.25) is 0 Å². The second kappa shape index (κ2) is 18.3. The van der Waals surface area contributed by atoms with Crippen LogP contribution in [0.15, 0.2) is 97.3 Å². The summed E-state index contributed by atoms with van der Waals surface area (Å²) in [6, 6.07) is 34.2. The molecule has 0 atom stereocenters. The minimum Gasteiger partial charge on any atom is -0.579 e. The minimum atomic E-state index is 0. The Hall–Kier alpha value is -4.26. The van der Waals surface area contributed by atoms with E-state index in [-0.39, 0.29) is 42.1 Å². The van der Waals surface area contributed by atoms with Gasteiger partial charge >= 0.3 is 0 Å². The fourth-order valence-corrected chi connectivity index (χ4v) is 4.76. The van der Waals surface area contributed by atoms with Crippen LogP contribution in [-0.4, -0.2) is 34.3 Å². The van der Waals surface area contributed by atoms with Crippen molar-refractivity contribution in [1.82, 2.24) is 30.4 Å². The van der Waals surface area contributed by atoms with E-state index in [0.29, 0.717) is 0 Å². The van der Waals surface area contributed by atoms with E-state index in [1.165, 1.54) is 0 Å². The van der Waals surface area contributed by atoms with E-state index < -0.39 is 0 Å². The molecular weight excluding hydrogens is 963 g/mol. The Kier molecular flexibility index (Phi) is 14.6. The molecule has 0 fully saturated rings. The molecule has 12 heteroatoms. The Balaban J connectivity index is 0.000000183. The van der Waals surface area contributed by atoms with Gasteiger partial charge in [0.05, 0.1) is 11.4 Å². The molecule has 0 bridgehead atoms. The molecule has 6 heterocycles. The van der Waals surface area contributed by atoms with Crippen molar-refractivity contribution < 1.29 is 42.1 Å². The molecule has 0 saturated heterocycles. The zero-order chi connectivity index (χ0) is 32.5. The molecule has 2 aromatic carbocycles. The van der Waals surface area contributed by atoms with Crippen LogP contribution in [0.2, 0.25) is 0 Å². The summed E-state index contributed by atoms with van der Waals surface area (Å²) in [5.41, 5.74) is 8.23. The molecule has 0 aliphatic carbocycles. The predicted molar refractivity (Wildman–Crippen MR) is 183 cm³/mol. The second-order valence-corrected chi connectivity index (χ2v) is 10.6. The Labute approximate surface area is 312 Å². The van der Waals surface area contributed by atoms with Crippen molar-refractivity contribution in [2.75, 3.05) is 33.7 Å². The number of aryl methyl sites for hydroxylation is 4. The Morgan fingerprint density at radius 2 is 1.00 bits per heavy atom. The average molecular weight is 999 g/mol. The summed E-state index contributed by atoms with van der Waals surface area (Å²) in [5.74, 6) is 1.94. The summed E-state index contributed by atoms with van der Waals surface area (Å²) in [6.45, 7) is 11.8. The van der Waals surface area contributed by atoms with Crippen LogP contribution in [0.1, 0.15) is 22.8 Å². The maximum Gasteiger partial charge on any atom is 0.121 e. The number of aromatic nitrogens is 6. The number of para-hydroxylation sites is 2. The monoisotopic (exact) mass is 998 g/mol. The molecule has 6 aromatic rings. The first-order valence-corrected chi connectivity index (χ1v) is 14.7. The van der Waals surface area contributed by atoms with Crippen LogP contribution < -0.4 is 29.8 Å². The van der Waals surface area contributed by atoms with Gasteiger partial charge in [-0.1, -0.05) is 26.0 Å². The van der Waals surface area contributed by atoms with Crippen molar-refractivity contribution in [3.8, 4) is 0 Å². The van der Waals surface area contributed by atoms with Crippen molar-refractivity contribution in [3.63, 3.8) is 0 Å². The zero-order valence-corrected chi connectivity index (χ0v) is 32.0. The summed E-state index contributed by atoms with van der Waals surface area (Å²) in [6.07, 6.45) is 3.61. The normalized spacial score (nSPS) is 12.1. The molecule has 2 aliphatic rings. The molecule has 2 aliphatic heterocycles. The molecule has 0 amide bonds. The van der Waals surface area contributed by atoms with E-state index in [1.54, 1.807) is 12.4 Å². The maximum absolute atomic E-state index is 4.36. The summed E-state index contributed by atoms with van der Waals surface area (Å²) < 4.78 is 0. The number of hydrogen-bond acceptors (Lipinski definition) is 8. The Morgan fingerprint density at radius 3 is 1.29 bits per heavy atom. The van der Waals surface area contributed by atoms with Crippen LogP contribution in [0.5, 0.6) is 0 Å². The topological polar surface area (TPSA) is 92.7 Å². The van der Waals surface area contributed by atoms with Crippen molar-refractivity contribution in [3.05, 3.63) is 146 Å². The third-order valence-electron chi connectivity index (χ3n) is 6.77. The fraction of sp³-hybridized carbons (Fsp3) is 0.167. The van der Waals surface area contributed by atoms with Gasteiger partial charge in [-0.05, 0) is 52.2 Å². The average Bonchev–Trinajstić information content (AvgIpc) is 3.85. The van der Waals surface area contributed by atoms with Crippen molar-refractivity contribution in [2.24, 2.45) is 0 Å². The van der Waals surface area contributed by atoms with Crippen molar-refractivity contribution in [2.45, 2.75) is 27.7 Å². The number of benzene rings is 2. The van der Waals surface area contributed by atoms with E-state index in [0.717, 1.165) is 57.2 Å². The molecular formula is C36H36N10Pt2-6. The zero-order valence-electron chi connectivity index (χ0n) is 27.5. The van der Waals surface area contributed by atoms with Crippen LogP contribution in [0.3, 0.4) is 0 Å². The van der Waals surface area contributed by atoms with Gasteiger partial charge in [-0.25, -0.2) is 9.97 Å². The van der Waals surface area contributed by atoms with Crippen LogP contribution in [0.25, 0.3) is 0 Å². The van der Waals surface area contributed by atoms with Gasteiger partial charge in [0.15, 0.2) is 0 Å². The van der Waals surface area contributed by atoms with Gasteiger partial charge in [0.1, 0.15) is 11.6 Å². The molecule has 0 N–H and O–H groups in total. The molecule has 0 unspecified atom stereocenters. The summed E-state index contributed by atoms with van der Waals surface area (Å²) in [5, 5.41) is 15.1. The van der Waals surface area contributed by atoms with Crippen molar-refractivity contribution in [1.29, 1.82) is 0 Å². The molecule has 48 heavy (non-hydrogen) atoms. The summed E-state index contributed by atoms with van der Waals surface area (Å²) in [7, 11) is 3.99. The van der Waals surface area contributed by atoms with Crippen LogP contribution >= 0.6 is 0 Å². The fourth-order valence-electron chi connectivity index (χ4n) is 4.76. The van der Waals surface area contributed by atoms with Gasteiger partial charge in [0, 0.05) is 65.9 Å². The number of rotatable bonds is 2. The first kappa shape index (κ1) is 38.2.